The molecule has 0 unspecified atom stereocenters. The van der Waals surface area contributed by atoms with E-state index in [2.05, 4.69) is 10.3 Å². The number of aromatic nitrogens is 4. The summed E-state index contributed by atoms with van der Waals surface area (Å²) >= 11 is 0. The Morgan fingerprint density at radius 3 is 2.54 bits per heavy atom. The molecular weight excluding hydrogens is 334 g/mol. The third-order valence-corrected chi connectivity index (χ3v) is 4.50. The lowest BCUT2D eigenvalue weighted by atomic mass is 10.1. The molecule has 0 saturated heterocycles. The number of fused-ring (bicyclic) bond motifs is 1. The Morgan fingerprint density at radius 2 is 1.81 bits per heavy atom. The number of phenolic OH excluding ortho intramolecular Hbond substituents is 1. The summed E-state index contributed by atoms with van der Waals surface area (Å²) in [7, 11) is 3.09. The summed E-state index contributed by atoms with van der Waals surface area (Å²) in [5, 5.41) is 12.6. The molecule has 1 aromatic carbocycles. The molecule has 0 aliphatic rings. The molecular formula is C18H23N5O3. The quantitative estimate of drug-likeness (QED) is 0.596. The molecule has 3 aromatic rings. The van der Waals surface area contributed by atoms with Gasteiger partial charge in [-0.1, -0.05) is 12.1 Å². The summed E-state index contributed by atoms with van der Waals surface area (Å²) in [6, 6.07) is 7.24. The van der Waals surface area contributed by atoms with Crippen molar-refractivity contribution in [2.75, 3.05) is 13.1 Å². The zero-order chi connectivity index (χ0) is 18.7. The number of phenols is 1. The first-order chi connectivity index (χ1) is 12.5. The highest BCUT2D eigenvalue weighted by molar-refractivity contribution is 5.69. The van der Waals surface area contributed by atoms with E-state index in [9.17, 15) is 14.7 Å². The van der Waals surface area contributed by atoms with E-state index >= 15 is 0 Å². The smallest absolute Gasteiger partial charge is 0.332 e. The summed E-state index contributed by atoms with van der Waals surface area (Å²) in [5.74, 6) is 0.281. The van der Waals surface area contributed by atoms with E-state index in [1.807, 2.05) is 12.1 Å². The molecule has 0 bridgehead atoms. The van der Waals surface area contributed by atoms with Crippen LogP contribution in [-0.2, 0) is 27.1 Å². The van der Waals surface area contributed by atoms with Crippen molar-refractivity contribution in [2.24, 2.45) is 14.1 Å². The van der Waals surface area contributed by atoms with Crippen molar-refractivity contribution >= 4 is 11.2 Å². The normalized spacial score (nSPS) is 11.3. The van der Waals surface area contributed by atoms with E-state index in [1.165, 1.54) is 17.2 Å². The minimum atomic E-state index is -0.375. The fourth-order valence-corrected chi connectivity index (χ4v) is 2.97. The largest absolute Gasteiger partial charge is 0.508 e. The van der Waals surface area contributed by atoms with E-state index in [-0.39, 0.29) is 17.0 Å². The predicted octanol–water partition coefficient (Wildman–Crippen LogP) is 0.362. The Balaban J connectivity index is 1.55. The van der Waals surface area contributed by atoms with Gasteiger partial charge in [0.15, 0.2) is 11.2 Å². The van der Waals surface area contributed by atoms with Crippen LogP contribution in [0.5, 0.6) is 5.75 Å². The van der Waals surface area contributed by atoms with Gasteiger partial charge in [0.2, 0.25) is 0 Å². The van der Waals surface area contributed by atoms with Crippen LogP contribution in [0.3, 0.4) is 0 Å². The van der Waals surface area contributed by atoms with Crippen LogP contribution < -0.4 is 16.6 Å². The van der Waals surface area contributed by atoms with Crippen LogP contribution in [0, 0.1) is 0 Å². The Bertz CT molecular complexity index is 1010. The van der Waals surface area contributed by atoms with Gasteiger partial charge in [-0.05, 0) is 37.1 Å². The number of hydrogen-bond acceptors (Lipinski definition) is 5. The summed E-state index contributed by atoms with van der Waals surface area (Å²) in [5.41, 5.74) is 1.34. The average molecular weight is 357 g/mol. The molecule has 2 N–H and O–H groups in total. The molecule has 0 aliphatic heterocycles. The summed E-state index contributed by atoms with van der Waals surface area (Å²) in [6.07, 6.45) is 3.51. The minimum Gasteiger partial charge on any atom is -0.508 e. The van der Waals surface area contributed by atoms with Gasteiger partial charge in [0.25, 0.3) is 5.56 Å². The fourth-order valence-electron chi connectivity index (χ4n) is 2.97. The van der Waals surface area contributed by atoms with Crippen molar-refractivity contribution in [1.29, 1.82) is 0 Å². The average Bonchev–Trinajstić information content (AvgIpc) is 3.06. The molecule has 0 saturated carbocycles. The molecule has 0 aliphatic carbocycles. The first-order valence-electron chi connectivity index (χ1n) is 8.58. The number of rotatable bonds is 7. The molecule has 0 fully saturated rings. The van der Waals surface area contributed by atoms with E-state index in [4.69, 9.17) is 0 Å². The van der Waals surface area contributed by atoms with Gasteiger partial charge in [0.05, 0.1) is 6.33 Å². The molecule has 138 valence electrons. The first kappa shape index (κ1) is 17.9. The zero-order valence-corrected chi connectivity index (χ0v) is 15.0. The molecule has 8 nitrogen and oxygen atoms in total. The lowest BCUT2D eigenvalue weighted by Crippen LogP contribution is -2.37. The first-order valence-corrected chi connectivity index (χ1v) is 8.58. The Labute approximate surface area is 150 Å². The molecule has 0 radical (unpaired) electrons. The number of nitrogens with one attached hydrogen (secondary N) is 1. The predicted molar refractivity (Wildman–Crippen MR) is 99.5 cm³/mol. The van der Waals surface area contributed by atoms with E-state index < -0.39 is 0 Å². The minimum absolute atomic E-state index is 0.281. The van der Waals surface area contributed by atoms with Gasteiger partial charge in [-0.25, -0.2) is 9.78 Å². The topological polar surface area (TPSA) is 94.1 Å². The maximum absolute atomic E-state index is 12.3. The molecule has 3 rings (SSSR count). The Morgan fingerprint density at radius 1 is 1.08 bits per heavy atom. The molecule has 8 heteroatoms. The van der Waals surface area contributed by atoms with Crippen LogP contribution in [0.1, 0.15) is 12.0 Å². The SMILES string of the molecule is Cn1c(=O)c2c(ncn2CCNCCCc2ccc(O)cc2)n(C)c1=O. The third kappa shape index (κ3) is 3.55. The number of nitrogens with zero attached hydrogens (tertiary/aromatic N) is 4. The highest BCUT2D eigenvalue weighted by atomic mass is 16.3. The van der Waals surface area contributed by atoms with Gasteiger partial charge in [-0.15, -0.1) is 0 Å². The van der Waals surface area contributed by atoms with Crippen molar-refractivity contribution in [3.63, 3.8) is 0 Å². The summed E-state index contributed by atoms with van der Waals surface area (Å²) < 4.78 is 4.27. The lowest BCUT2D eigenvalue weighted by molar-refractivity contribution is 0.475. The van der Waals surface area contributed by atoms with Gasteiger partial charge in [0, 0.05) is 27.2 Å². The van der Waals surface area contributed by atoms with Gasteiger partial charge in [0.1, 0.15) is 5.75 Å². The number of hydrogen-bond donors (Lipinski definition) is 2. The second-order valence-corrected chi connectivity index (χ2v) is 6.34. The molecule has 2 heterocycles. The van der Waals surface area contributed by atoms with Crippen molar-refractivity contribution in [1.82, 2.24) is 24.0 Å². The summed E-state index contributed by atoms with van der Waals surface area (Å²) in [6.45, 7) is 2.15. The van der Waals surface area contributed by atoms with Crippen LogP contribution in [-0.4, -0.2) is 36.9 Å². The number of imidazole rings is 1. The van der Waals surface area contributed by atoms with Gasteiger partial charge < -0.3 is 15.0 Å². The third-order valence-electron chi connectivity index (χ3n) is 4.50. The molecule has 2 aromatic heterocycles. The highest BCUT2D eigenvalue weighted by Crippen LogP contribution is 2.10. The Kier molecular flexibility index (Phi) is 5.22. The molecule has 0 spiro atoms. The second kappa shape index (κ2) is 7.57. The standard InChI is InChI=1S/C18H23N5O3/c1-21-16-15(17(25)22(2)18(21)26)23(12-20-16)11-10-19-9-3-4-13-5-7-14(24)8-6-13/h5-8,12,19,24H,3-4,9-11H2,1-2H3. The van der Waals surface area contributed by atoms with Crippen LogP contribution in [0.2, 0.25) is 0 Å². The molecule has 0 atom stereocenters. The van der Waals surface area contributed by atoms with Gasteiger partial charge in [-0.3, -0.25) is 13.9 Å². The van der Waals surface area contributed by atoms with E-state index in [0.29, 0.717) is 24.3 Å². The lowest BCUT2D eigenvalue weighted by Gasteiger charge is -2.08. The van der Waals surface area contributed by atoms with Crippen LogP contribution >= 0.6 is 0 Å². The Hall–Kier alpha value is -2.87. The number of benzene rings is 1. The molecule has 0 amide bonds. The van der Waals surface area contributed by atoms with E-state index in [0.717, 1.165) is 24.0 Å². The number of aryl methyl sites for hydroxylation is 2. The van der Waals surface area contributed by atoms with Crippen LogP contribution in [0.15, 0.2) is 40.2 Å². The second-order valence-electron chi connectivity index (χ2n) is 6.34. The zero-order valence-electron chi connectivity index (χ0n) is 15.0. The number of aromatic hydroxyl groups is 1. The van der Waals surface area contributed by atoms with Crippen LogP contribution in [0.25, 0.3) is 11.2 Å². The maximum atomic E-state index is 12.3. The van der Waals surface area contributed by atoms with Crippen molar-refractivity contribution < 1.29 is 5.11 Å². The maximum Gasteiger partial charge on any atom is 0.332 e. The highest BCUT2D eigenvalue weighted by Gasteiger charge is 2.13. The van der Waals surface area contributed by atoms with Crippen molar-refractivity contribution in [2.45, 2.75) is 19.4 Å². The summed E-state index contributed by atoms with van der Waals surface area (Å²) in [4.78, 5) is 28.5. The van der Waals surface area contributed by atoms with Crippen LogP contribution in [0.4, 0.5) is 0 Å². The molecule has 26 heavy (non-hydrogen) atoms. The van der Waals surface area contributed by atoms with Gasteiger partial charge in [-0.2, -0.15) is 0 Å². The van der Waals surface area contributed by atoms with Crippen molar-refractivity contribution in [3.05, 3.63) is 57.0 Å². The monoisotopic (exact) mass is 357 g/mol. The van der Waals surface area contributed by atoms with Crippen molar-refractivity contribution in [3.8, 4) is 5.75 Å². The van der Waals surface area contributed by atoms with E-state index in [1.54, 1.807) is 30.1 Å². The fraction of sp³-hybridized carbons (Fsp3) is 0.389. The van der Waals surface area contributed by atoms with Gasteiger partial charge >= 0.3 is 5.69 Å².